The Morgan fingerprint density at radius 1 is 1.12 bits per heavy atom. The Morgan fingerprint density at radius 2 is 1.81 bits per heavy atom. The predicted octanol–water partition coefficient (Wildman–Crippen LogP) is 3.11. The molecule has 0 N–H and O–H groups in total. The van der Waals surface area contributed by atoms with Gasteiger partial charge < -0.3 is 9.64 Å². The molecule has 136 valence electrons. The van der Waals surface area contributed by atoms with Crippen LogP contribution in [0.4, 0.5) is 0 Å². The van der Waals surface area contributed by atoms with Crippen molar-refractivity contribution in [2.75, 3.05) is 20.2 Å². The van der Waals surface area contributed by atoms with Crippen molar-refractivity contribution in [3.8, 4) is 5.75 Å². The Bertz CT molecular complexity index is 942. The highest BCUT2D eigenvalue weighted by Gasteiger charge is 2.19. The average Bonchev–Trinajstić information content (AvgIpc) is 2.97. The number of hydrogen-bond acceptors (Lipinski definition) is 4. The predicted molar refractivity (Wildman–Crippen MR) is 101 cm³/mol. The number of aryl methyl sites for hydroxylation is 4. The van der Waals surface area contributed by atoms with Crippen molar-refractivity contribution in [3.05, 3.63) is 58.5 Å². The van der Waals surface area contributed by atoms with Crippen molar-refractivity contribution in [2.45, 2.75) is 27.7 Å². The fourth-order valence-electron chi connectivity index (χ4n) is 3.05. The van der Waals surface area contributed by atoms with E-state index in [1.165, 1.54) is 0 Å². The number of likely N-dealkylation sites (N-methyl/N-ethyl adjacent to an activating group) is 1. The van der Waals surface area contributed by atoms with Crippen LogP contribution in [0.5, 0.6) is 5.75 Å². The first-order chi connectivity index (χ1) is 12.3. The molecule has 0 aliphatic heterocycles. The minimum atomic E-state index is -0.110. The van der Waals surface area contributed by atoms with Crippen LogP contribution in [-0.2, 0) is 0 Å². The van der Waals surface area contributed by atoms with Gasteiger partial charge in [0, 0.05) is 18.4 Å². The molecular weight excluding hydrogens is 328 g/mol. The van der Waals surface area contributed by atoms with E-state index in [1.807, 2.05) is 45.9 Å². The minimum Gasteiger partial charge on any atom is -0.492 e. The van der Waals surface area contributed by atoms with Gasteiger partial charge in [0.15, 0.2) is 5.65 Å². The molecule has 0 radical (unpaired) electrons. The van der Waals surface area contributed by atoms with E-state index in [2.05, 4.69) is 16.1 Å². The largest absolute Gasteiger partial charge is 0.492 e. The first-order valence-electron chi connectivity index (χ1n) is 8.63. The van der Waals surface area contributed by atoms with E-state index in [9.17, 15) is 4.79 Å². The highest BCUT2D eigenvalue weighted by Crippen LogP contribution is 2.17. The first-order valence-corrected chi connectivity index (χ1v) is 8.63. The summed E-state index contributed by atoms with van der Waals surface area (Å²) in [4.78, 5) is 18.9. The number of fused-ring (bicyclic) bond motifs is 1. The number of amides is 1. The summed E-state index contributed by atoms with van der Waals surface area (Å²) in [5.74, 6) is 0.716. The molecule has 3 aromatic rings. The maximum absolute atomic E-state index is 12.8. The minimum absolute atomic E-state index is 0.110. The van der Waals surface area contributed by atoms with Crippen LogP contribution in [0.2, 0.25) is 0 Å². The maximum Gasteiger partial charge on any atom is 0.259 e. The van der Waals surface area contributed by atoms with Gasteiger partial charge in [0.1, 0.15) is 17.9 Å². The summed E-state index contributed by atoms with van der Waals surface area (Å²) in [6, 6.07) is 8.03. The topological polar surface area (TPSA) is 59.7 Å². The fourth-order valence-corrected chi connectivity index (χ4v) is 3.05. The van der Waals surface area contributed by atoms with Crippen molar-refractivity contribution >= 4 is 11.6 Å². The molecule has 0 unspecified atom stereocenters. The lowest BCUT2D eigenvalue weighted by Gasteiger charge is -2.17. The Hall–Kier alpha value is -2.89. The van der Waals surface area contributed by atoms with Crippen molar-refractivity contribution in [1.29, 1.82) is 0 Å². The number of benzene rings is 1. The van der Waals surface area contributed by atoms with Gasteiger partial charge in [0.2, 0.25) is 0 Å². The summed E-state index contributed by atoms with van der Waals surface area (Å²) >= 11 is 0. The molecule has 1 amide bonds. The molecular formula is C20H24N4O2. The van der Waals surface area contributed by atoms with Gasteiger partial charge in [0.25, 0.3) is 5.91 Å². The van der Waals surface area contributed by atoms with E-state index in [0.717, 1.165) is 28.3 Å². The van der Waals surface area contributed by atoms with Gasteiger partial charge in [-0.15, -0.1) is 0 Å². The zero-order valence-corrected chi connectivity index (χ0v) is 15.9. The lowest BCUT2D eigenvalue weighted by molar-refractivity contribution is 0.0775. The van der Waals surface area contributed by atoms with E-state index in [0.29, 0.717) is 24.4 Å². The van der Waals surface area contributed by atoms with Crippen molar-refractivity contribution in [1.82, 2.24) is 19.5 Å². The Morgan fingerprint density at radius 3 is 2.50 bits per heavy atom. The van der Waals surface area contributed by atoms with Crippen LogP contribution in [-0.4, -0.2) is 45.6 Å². The maximum atomic E-state index is 12.8. The van der Waals surface area contributed by atoms with Crippen LogP contribution in [0.3, 0.4) is 0 Å². The molecule has 3 rings (SSSR count). The van der Waals surface area contributed by atoms with E-state index < -0.39 is 0 Å². The van der Waals surface area contributed by atoms with Gasteiger partial charge in [-0.2, -0.15) is 5.10 Å². The summed E-state index contributed by atoms with van der Waals surface area (Å²) in [7, 11) is 1.76. The van der Waals surface area contributed by atoms with E-state index >= 15 is 0 Å². The Balaban J connectivity index is 1.68. The third-order valence-electron chi connectivity index (χ3n) is 4.25. The highest BCUT2D eigenvalue weighted by atomic mass is 16.5. The number of nitrogens with zero attached hydrogens (tertiary/aromatic N) is 4. The van der Waals surface area contributed by atoms with Crippen LogP contribution >= 0.6 is 0 Å². The summed E-state index contributed by atoms with van der Waals surface area (Å²) < 4.78 is 7.50. The Labute approximate surface area is 153 Å². The highest BCUT2D eigenvalue weighted by molar-refractivity contribution is 5.99. The van der Waals surface area contributed by atoms with Gasteiger partial charge in [-0.25, -0.2) is 9.50 Å². The molecule has 0 aliphatic rings. The molecule has 0 fully saturated rings. The standard InChI is InChI=1S/C20H24N4O2/c1-13-8-14(2)10-17(9-13)26-7-6-23(5)20(25)18-12-21-24-16(4)11-15(3)22-19(18)24/h8-12H,6-7H2,1-5H3. The normalized spacial score (nSPS) is 11.0. The molecule has 6 heteroatoms. The molecule has 26 heavy (non-hydrogen) atoms. The zero-order chi connectivity index (χ0) is 18.8. The molecule has 0 aliphatic carbocycles. The first kappa shape index (κ1) is 17.9. The number of carbonyl (C=O) groups is 1. The monoisotopic (exact) mass is 352 g/mol. The number of carbonyl (C=O) groups excluding carboxylic acids is 1. The molecule has 6 nitrogen and oxygen atoms in total. The van der Waals surface area contributed by atoms with Crippen LogP contribution < -0.4 is 4.74 Å². The van der Waals surface area contributed by atoms with E-state index in [4.69, 9.17) is 4.74 Å². The molecule has 0 saturated carbocycles. The van der Waals surface area contributed by atoms with Crippen LogP contribution in [0.25, 0.3) is 5.65 Å². The van der Waals surface area contributed by atoms with Gasteiger partial charge in [0.05, 0.1) is 12.7 Å². The summed E-state index contributed by atoms with van der Waals surface area (Å²) in [6.07, 6.45) is 1.58. The van der Waals surface area contributed by atoms with Gasteiger partial charge in [-0.3, -0.25) is 4.79 Å². The zero-order valence-electron chi connectivity index (χ0n) is 15.9. The van der Waals surface area contributed by atoms with Gasteiger partial charge in [-0.05, 0) is 57.0 Å². The molecule has 0 spiro atoms. The fraction of sp³-hybridized carbons (Fsp3) is 0.350. The molecule has 0 bridgehead atoms. The van der Waals surface area contributed by atoms with Crippen LogP contribution in [0.15, 0.2) is 30.5 Å². The number of rotatable bonds is 5. The molecule has 1 aromatic carbocycles. The summed E-state index contributed by atoms with van der Waals surface area (Å²) in [5, 5.41) is 4.29. The number of hydrogen-bond donors (Lipinski definition) is 0. The second-order valence-electron chi connectivity index (χ2n) is 6.73. The van der Waals surface area contributed by atoms with Crippen LogP contribution in [0.1, 0.15) is 32.9 Å². The van der Waals surface area contributed by atoms with Crippen LogP contribution in [0, 0.1) is 27.7 Å². The molecule has 2 heterocycles. The second kappa shape index (κ2) is 7.15. The Kier molecular flexibility index (Phi) is 4.93. The third kappa shape index (κ3) is 3.69. The van der Waals surface area contributed by atoms with Crippen molar-refractivity contribution < 1.29 is 9.53 Å². The van der Waals surface area contributed by atoms with Gasteiger partial charge in [-0.1, -0.05) is 6.07 Å². The average molecular weight is 352 g/mol. The van der Waals surface area contributed by atoms with Crippen molar-refractivity contribution in [3.63, 3.8) is 0 Å². The molecule has 0 saturated heterocycles. The van der Waals surface area contributed by atoms with Crippen molar-refractivity contribution in [2.24, 2.45) is 0 Å². The summed E-state index contributed by atoms with van der Waals surface area (Å²) in [5.41, 5.74) is 5.23. The third-order valence-corrected chi connectivity index (χ3v) is 4.25. The molecule has 2 aromatic heterocycles. The lowest BCUT2D eigenvalue weighted by Crippen LogP contribution is -2.31. The summed E-state index contributed by atoms with van der Waals surface area (Å²) in [6.45, 7) is 8.85. The SMILES string of the molecule is Cc1cc(C)cc(OCCN(C)C(=O)c2cnn3c(C)cc(C)nc23)c1. The van der Waals surface area contributed by atoms with Gasteiger partial charge >= 0.3 is 0 Å². The number of ether oxygens (including phenoxy) is 1. The quantitative estimate of drug-likeness (QED) is 0.708. The smallest absolute Gasteiger partial charge is 0.259 e. The number of aromatic nitrogens is 3. The van der Waals surface area contributed by atoms with E-state index in [1.54, 1.807) is 22.7 Å². The molecule has 0 atom stereocenters. The lowest BCUT2D eigenvalue weighted by atomic mass is 10.1. The van der Waals surface area contributed by atoms with E-state index in [-0.39, 0.29) is 5.91 Å². The second-order valence-corrected chi connectivity index (χ2v) is 6.73.